The van der Waals surface area contributed by atoms with Crippen molar-refractivity contribution >= 4 is 58.0 Å². The second kappa shape index (κ2) is 8.89. The zero-order valence-corrected chi connectivity index (χ0v) is 19.1. The molecular formula is C22H14Cl4N4O. The predicted molar refractivity (Wildman–Crippen MR) is 126 cm³/mol. The molecular weight excluding hydrogens is 478 g/mol. The summed E-state index contributed by atoms with van der Waals surface area (Å²) in [4.78, 5) is 17.4. The van der Waals surface area contributed by atoms with E-state index >= 15 is 0 Å². The summed E-state index contributed by atoms with van der Waals surface area (Å²) in [5, 5.41) is 9.01. The number of aromatic nitrogens is 3. The lowest BCUT2D eigenvalue weighted by atomic mass is 10.2. The molecule has 0 spiro atoms. The number of amides is 1. The molecule has 4 aromatic rings. The van der Waals surface area contributed by atoms with Crippen LogP contribution in [0.2, 0.25) is 20.1 Å². The number of benzene rings is 3. The third-order valence-electron chi connectivity index (χ3n) is 4.47. The Kier molecular flexibility index (Phi) is 6.21. The highest BCUT2D eigenvalue weighted by Gasteiger charge is 2.21. The van der Waals surface area contributed by atoms with E-state index in [4.69, 9.17) is 46.4 Å². The van der Waals surface area contributed by atoms with Gasteiger partial charge in [0.2, 0.25) is 5.82 Å². The molecule has 3 aromatic carbocycles. The third kappa shape index (κ3) is 4.70. The van der Waals surface area contributed by atoms with Crippen molar-refractivity contribution in [2.45, 2.75) is 6.92 Å². The molecule has 0 atom stereocenters. The van der Waals surface area contributed by atoms with Crippen LogP contribution in [0.3, 0.4) is 0 Å². The standard InChI is InChI=1S/C22H14Cl4N4O/c1-12-5-6-16(25)11-19(12)30-21(13-3-2-4-14(23)9-13)28-20(29-30)22(31)27-18-8-7-15(24)10-17(18)26/h2-11H,1H3,(H,27,31). The molecule has 156 valence electrons. The van der Waals surface area contributed by atoms with E-state index in [1.165, 1.54) is 6.07 Å². The van der Waals surface area contributed by atoms with Crippen molar-refractivity contribution in [3.8, 4) is 17.1 Å². The quantitative estimate of drug-likeness (QED) is 0.331. The highest BCUT2D eigenvalue weighted by Crippen LogP contribution is 2.28. The summed E-state index contributed by atoms with van der Waals surface area (Å²) >= 11 is 24.5. The first-order valence-electron chi connectivity index (χ1n) is 9.08. The van der Waals surface area contributed by atoms with Crippen LogP contribution in [0.15, 0.2) is 60.7 Å². The number of carbonyl (C=O) groups excluding carboxylic acids is 1. The van der Waals surface area contributed by atoms with E-state index in [9.17, 15) is 4.79 Å². The van der Waals surface area contributed by atoms with Gasteiger partial charge in [-0.05, 0) is 55.0 Å². The number of rotatable bonds is 4. The molecule has 0 aliphatic carbocycles. The van der Waals surface area contributed by atoms with E-state index in [0.717, 1.165) is 5.56 Å². The first-order valence-corrected chi connectivity index (χ1v) is 10.6. The summed E-state index contributed by atoms with van der Waals surface area (Å²) in [6.45, 7) is 1.92. The number of hydrogen-bond acceptors (Lipinski definition) is 3. The molecule has 0 saturated carbocycles. The van der Waals surface area contributed by atoms with E-state index in [1.807, 2.05) is 19.1 Å². The molecule has 0 fully saturated rings. The first kappa shape index (κ1) is 21.7. The van der Waals surface area contributed by atoms with E-state index < -0.39 is 5.91 Å². The number of halogens is 4. The number of nitrogens with zero attached hydrogens (tertiary/aromatic N) is 3. The zero-order chi connectivity index (χ0) is 22.1. The van der Waals surface area contributed by atoms with Crippen molar-refractivity contribution in [3.05, 3.63) is 92.1 Å². The van der Waals surface area contributed by atoms with E-state index in [2.05, 4.69) is 15.4 Å². The number of aryl methyl sites for hydroxylation is 1. The summed E-state index contributed by atoms with van der Waals surface area (Å²) in [5.74, 6) is -0.119. The van der Waals surface area contributed by atoms with Crippen LogP contribution in [-0.2, 0) is 0 Å². The third-order valence-corrected chi connectivity index (χ3v) is 5.49. The maximum atomic E-state index is 12.9. The Hall–Kier alpha value is -2.57. The number of carbonyl (C=O) groups is 1. The van der Waals surface area contributed by atoms with Gasteiger partial charge in [-0.2, -0.15) is 0 Å². The minimum atomic E-state index is -0.522. The Morgan fingerprint density at radius 1 is 0.903 bits per heavy atom. The maximum absolute atomic E-state index is 12.9. The van der Waals surface area contributed by atoms with Crippen LogP contribution >= 0.6 is 46.4 Å². The molecule has 31 heavy (non-hydrogen) atoms. The van der Waals surface area contributed by atoms with Gasteiger partial charge in [-0.25, -0.2) is 9.67 Å². The van der Waals surface area contributed by atoms with Crippen LogP contribution in [0.25, 0.3) is 17.1 Å². The van der Waals surface area contributed by atoms with Crippen molar-refractivity contribution in [2.75, 3.05) is 5.32 Å². The van der Waals surface area contributed by atoms with Crippen LogP contribution in [-0.4, -0.2) is 20.7 Å². The summed E-state index contributed by atoms with van der Waals surface area (Å²) in [6, 6.07) is 17.3. The van der Waals surface area contributed by atoms with Gasteiger partial charge in [-0.1, -0.05) is 64.6 Å². The molecule has 1 aromatic heterocycles. The fourth-order valence-electron chi connectivity index (χ4n) is 2.97. The van der Waals surface area contributed by atoms with Gasteiger partial charge in [0.05, 0.1) is 16.4 Å². The Morgan fingerprint density at radius 2 is 1.61 bits per heavy atom. The molecule has 0 unspecified atom stereocenters. The zero-order valence-electron chi connectivity index (χ0n) is 16.0. The van der Waals surface area contributed by atoms with Gasteiger partial charge in [0.1, 0.15) is 0 Å². The molecule has 5 nitrogen and oxygen atoms in total. The average molecular weight is 492 g/mol. The van der Waals surface area contributed by atoms with Crippen molar-refractivity contribution < 1.29 is 4.79 Å². The lowest BCUT2D eigenvalue weighted by Crippen LogP contribution is -2.14. The average Bonchev–Trinajstić information content (AvgIpc) is 3.17. The van der Waals surface area contributed by atoms with Gasteiger partial charge in [0, 0.05) is 20.6 Å². The second-order valence-corrected chi connectivity index (χ2v) is 8.41. The van der Waals surface area contributed by atoms with Crippen molar-refractivity contribution in [2.24, 2.45) is 0 Å². The Balaban J connectivity index is 1.81. The van der Waals surface area contributed by atoms with Gasteiger partial charge < -0.3 is 5.32 Å². The van der Waals surface area contributed by atoms with Crippen LogP contribution in [0.1, 0.15) is 16.2 Å². The smallest absolute Gasteiger partial charge is 0.295 e. The number of hydrogen-bond donors (Lipinski definition) is 1. The summed E-state index contributed by atoms with van der Waals surface area (Å²) in [7, 11) is 0. The predicted octanol–water partition coefficient (Wildman–Crippen LogP) is 7.11. The highest BCUT2D eigenvalue weighted by atomic mass is 35.5. The van der Waals surface area contributed by atoms with Crippen LogP contribution in [0.4, 0.5) is 5.69 Å². The molecule has 4 rings (SSSR count). The van der Waals surface area contributed by atoms with Crippen LogP contribution in [0.5, 0.6) is 0 Å². The molecule has 9 heteroatoms. The van der Waals surface area contributed by atoms with E-state index in [1.54, 1.807) is 47.1 Å². The van der Waals surface area contributed by atoms with Gasteiger partial charge >= 0.3 is 0 Å². The van der Waals surface area contributed by atoms with E-state index in [0.29, 0.717) is 42.9 Å². The topological polar surface area (TPSA) is 59.8 Å². The molecule has 1 N–H and O–H groups in total. The maximum Gasteiger partial charge on any atom is 0.295 e. The van der Waals surface area contributed by atoms with Crippen molar-refractivity contribution in [1.82, 2.24) is 14.8 Å². The van der Waals surface area contributed by atoms with Crippen LogP contribution < -0.4 is 5.32 Å². The number of anilines is 1. The normalized spacial score (nSPS) is 10.9. The lowest BCUT2D eigenvalue weighted by molar-refractivity contribution is 0.101. The van der Waals surface area contributed by atoms with Gasteiger partial charge in [0.25, 0.3) is 5.91 Å². The molecule has 0 bridgehead atoms. The van der Waals surface area contributed by atoms with Crippen LogP contribution in [0, 0.1) is 6.92 Å². The SMILES string of the molecule is Cc1ccc(Cl)cc1-n1nc(C(=O)Nc2ccc(Cl)cc2Cl)nc1-c1cccc(Cl)c1. The van der Waals surface area contributed by atoms with Crippen molar-refractivity contribution in [3.63, 3.8) is 0 Å². The van der Waals surface area contributed by atoms with E-state index in [-0.39, 0.29) is 5.82 Å². The fraction of sp³-hybridized carbons (Fsp3) is 0.0455. The molecule has 0 radical (unpaired) electrons. The summed E-state index contributed by atoms with van der Waals surface area (Å²) in [6.07, 6.45) is 0. The Bertz CT molecular complexity index is 1300. The number of nitrogens with one attached hydrogen (secondary N) is 1. The van der Waals surface area contributed by atoms with Gasteiger partial charge in [-0.15, -0.1) is 5.10 Å². The van der Waals surface area contributed by atoms with Gasteiger partial charge in [0.15, 0.2) is 5.82 Å². The largest absolute Gasteiger partial charge is 0.318 e. The molecule has 0 saturated heterocycles. The second-order valence-electron chi connectivity index (χ2n) is 6.69. The summed E-state index contributed by atoms with van der Waals surface area (Å²) in [5.41, 5.74) is 2.70. The monoisotopic (exact) mass is 490 g/mol. The minimum absolute atomic E-state index is 0.0413. The molecule has 1 heterocycles. The first-order chi connectivity index (χ1) is 14.8. The summed E-state index contributed by atoms with van der Waals surface area (Å²) < 4.78 is 1.57. The lowest BCUT2D eigenvalue weighted by Gasteiger charge is -2.09. The Labute approximate surface area is 198 Å². The molecule has 0 aliphatic rings. The minimum Gasteiger partial charge on any atom is -0.318 e. The fourth-order valence-corrected chi connectivity index (χ4v) is 3.78. The molecule has 1 amide bonds. The highest BCUT2D eigenvalue weighted by molar-refractivity contribution is 6.36. The van der Waals surface area contributed by atoms with Crippen molar-refractivity contribution in [1.29, 1.82) is 0 Å². The molecule has 0 aliphatic heterocycles. The Morgan fingerprint density at radius 3 is 2.35 bits per heavy atom. The van der Waals surface area contributed by atoms with Gasteiger partial charge in [-0.3, -0.25) is 4.79 Å².